The molecule has 0 rings (SSSR count). The Morgan fingerprint density at radius 3 is 0.718 bits per heavy atom. The van der Waals surface area contributed by atoms with Crippen LogP contribution in [0.3, 0.4) is 0 Å². The van der Waals surface area contributed by atoms with Gasteiger partial charge in [0, 0.05) is 39.6 Å². The summed E-state index contributed by atoms with van der Waals surface area (Å²) in [6.07, 6.45) is -2.51. The Kier molecular flexibility index (Phi) is 63.5. The van der Waals surface area contributed by atoms with Gasteiger partial charge in [-0.3, -0.25) is 0 Å². The maximum atomic E-state index is 8.90. The summed E-state index contributed by atoms with van der Waals surface area (Å²) in [5.41, 5.74) is 0. The summed E-state index contributed by atoms with van der Waals surface area (Å²) in [5.74, 6) is 0. The molecule has 17 heteroatoms. The van der Waals surface area contributed by atoms with E-state index in [0.717, 1.165) is 0 Å². The van der Waals surface area contributed by atoms with E-state index < -0.39 is 24.4 Å². The van der Waals surface area contributed by atoms with Gasteiger partial charge in [0.2, 0.25) is 0 Å². The second-order valence-electron chi connectivity index (χ2n) is 6.44. The van der Waals surface area contributed by atoms with Crippen LogP contribution in [0.5, 0.6) is 0 Å². The second kappa shape index (κ2) is 47.6. The molecule has 0 heterocycles. The number of rotatable bonds is 20. The summed E-state index contributed by atoms with van der Waals surface area (Å²) in [6.45, 7) is 1.86. The zero-order chi connectivity index (χ0) is 28.5. The number of ether oxygens (including phenoxy) is 8. The number of aliphatic hydroxyl groups is 6. The van der Waals surface area contributed by atoms with Crippen LogP contribution in [0.4, 0.5) is 0 Å². The Hall–Kier alpha value is -3.56. The van der Waals surface area contributed by atoms with Crippen LogP contribution in [-0.2, 0) is 37.9 Å². The first kappa shape index (κ1) is 52.0. The van der Waals surface area contributed by atoms with E-state index in [1.54, 1.807) is 0 Å². The molecule has 6 N–H and O–H groups in total. The molecule has 0 amide bonds. The van der Waals surface area contributed by atoms with Crippen molar-refractivity contribution >= 4 is 0 Å². The molecule has 14 nitrogen and oxygen atoms in total. The largest absolute Gasteiger partial charge is 0.553 e. The molecular weight excluding hydrogens is 1290 g/mol. The molecule has 0 aliphatic heterocycles. The van der Waals surface area contributed by atoms with Crippen molar-refractivity contribution < 1.29 is 68.5 Å². The minimum Gasteiger partial charge on any atom is -0.553 e. The molecular formula is C22H46O14Rf3-6. The smallest absolute Gasteiger partial charge is 0.0976 e. The van der Waals surface area contributed by atoms with Crippen molar-refractivity contribution in [3.8, 4) is 0 Å². The Balaban J connectivity index is -0.0000000686. The van der Waals surface area contributed by atoms with Crippen molar-refractivity contribution in [1.29, 1.82) is 0 Å². The molecule has 230 valence electrons. The molecule has 39 heavy (non-hydrogen) atoms. The first-order chi connectivity index (χ1) is 17.2. The van der Waals surface area contributed by atoms with Crippen molar-refractivity contribution in [2.24, 2.45) is 0 Å². The Morgan fingerprint density at radius 1 is 0.385 bits per heavy atom. The maximum absolute atomic E-state index is 8.90. The van der Waals surface area contributed by atoms with Crippen molar-refractivity contribution in [3.05, 3.63) is 42.7 Å². The van der Waals surface area contributed by atoms with Crippen LogP contribution in [0.1, 0.15) is 0 Å². The van der Waals surface area contributed by atoms with E-state index >= 15 is 0 Å². The van der Waals surface area contributed by atoms with Gasteiger partial charge >= 0.3 is 0 Å². The standard InChI is InChI=1S/2C6H13O4.2C5H10O3.3Rf/c2*1-9-4-6(8)5-10-3-2-7;2*1-7-3-5(6)4-8-2;;;/h2*6-8H,1-5H2;2*5-6H,1-4H2;;;/q2*-1;2*-2;;;. The monoisotopic (exact) mass is 1340 g/mol. The average Bonchev–Trinajstić information content (AvgIpc) is 2.82. The van der Waals surface area contributed by atoms with Crippen LogP contribution in [0.25, 0.3) is 0 Å². The first-order valence-electron chi connectivity index (χ1n) is 10.6. The van der Waals surface area contributed by atoms with E-state index in [1.807, 2.05) is 0 Å². The summed E-state index contributed by atoms with van der Waals surface area (Å²) in [7, 11) is 18.5. The molecule has 0 spiro atoms. The van der Waals surface area contributed by atoms with Gasteiger partial charge in [-0.05, 0) is 0 Å². The normalized spacial score (nSPS) is 11.2. The van der Waals surface area contributed by atoms with E-state index in [1.165, 1.54) is 0 Å². The molecule has 0 aliphatic carbocycles. The van der Waals surface area contributed by atoms with Crippen molar-refractivity contribution in [3.63, 3.8) is 0 Å². The van der Waals surface area contributed by atoms with Crippen LogP contribution >= 0.6 is 0 Å². The van der Waals surface area contributed by atoms with Gasteiger partial charge in [0.15, 0.2) is 0 Å². The van der Waals surface area contributed by atoms with Gasteiger partial charge in [-0.2, -0.15) is 0 Å². The van der Waals surface area contributed by atoms with Gasteiger partial charge in [0.05, 0.1) is 64.1 Å². The topological polar surface area (TPSA) is 195 Å². The fourth-order valence-electron chi connectivity index (χ4n) is 1.58. The van der Waals surface area contributed by atoms with E-state index in [-0.39, 0.29) is 79.3 Å². The van der Waals surface area contributed by atoms with E-state index in [4.69, 9.17) is 40.1 Å². The fourth-order valence-corrected chi connectivity index (χ4v) is 1.58. The Bertz CT molecular complexity index is 326. The van der Waals surface area contributed by atoms with Gasteiger partial charge in [-0.25, -0.2) is 42.7 Å². The summed E-state index contributed by atoms with van der Waals surface area (Å²) < 4.78 is 35.8. The van der Waals surface area contributed by atoms with Crippen LogP contribution in [-0.4, -0.2) is 134 Å². The number of hydrogen-bond acceptors (Lipinski definition) is 14. The predicted molar refractivity (Wildman–Crippen MR) is 128 cm³/mol. The molecule has 0 aromatic heterocycles. The molecule has 0 fully saturated rings. The van der Waals surface area contributed by atoms with Crippen LogP contribution in [0, 0.1) is 42.7 Å². The quantitative estimate of drug-likeness (QED) is 0.0595. The van der Waals surface area contributed by atoms with E-state index in [9.17, 15) is 0 Å². The molecule has 2 unspecified atom stereocenters. The maximum Gasteiger partial charge on any atom is 0.0976 e. The molecule has 0 aliphatic rings. The SMILES string of the molecule is [CH2-]OCC(O)COCCO.[CH2-]OCC(O)COCCO.[CH2-]OCC(O)CO[CH2-].[CH2-]OCC(O)CO[CH2-].[Rf].[Rf].[Rf]. The Morgan fingerprint density at radius 2 is 0.564 bits per heavy atom. The number of hydrogen-bond donors (Lipinski definition) is 6. The van der Waals surface area contributed by atoms with Crippen LogP contribution < -0.4 is 0 Å². The summed E-state index contributed by atoms with van der Waals surface area (Å²) in [6, 6.07) is 0. The first-order valence-corrected chi connectivity index (χ1v) is 10.6. The van der Waals surface area contributed by atoms with Crippen LogP contribution in [0.2, 0.25) is 0 Å². The van der Waals surface area contributed by atoms with Crippen LogP contribution in [0.15, 0.2) is 0 Å². The predicted octanol–water partition coefficient (Wildman–Crippen LogP) is -1.74. The van der Waals surface area contributed by atoms with Gasteiger partial charge in [0.1, 0.15) is 0 Å². The molecule has 0 aromatic rings. The third-order valence-electron chi connectivity index (χ3n) is 2.95. The van der Waals surface area contributed by atoms with Gasteiger partial charge in [-0.15, -0.1) is 0 Å². The summed E-state index contributed by atoms with van der Waals surface area (Å²) >= 11 is 0. The molecule has 0 bridgehead atoms. The van der Waals surface area contributed by atoms with E-state index in [2.05, 4.69) is 71.1 Å². The van der Waals surface area contributed by atoms with Gasteiger partial charge < -0.3 is 68.5 Å². The molecule has 0 saturated heterocycles. The average molecular weight is 1340 g/mol. The van der Waals surface area contributed by atoms with Crippen molar-refractivity contribution in [1.82, 2.24) is 0 Å². The van der Waals surface area contributed by atoms with Gasteiger partial charge in [-0.1, -0.05) is 0 Å². The van der Waals surface area contributed by atoms with Crippen molar-refractivity contribution in [2.45, 2.75) is 24.4 Å². The number of aliphatic hydroxyl groups excluding tert-OH is 6. The third-order valence-corrected chi connectivity index (χ3v) is 2.95. The molecule has 0 saturated carbocycles. The Labute approximate surface area is 215 Å². The van der Waals surface area contributed by atoms with E-state index in [0.29, 0.717) is 0 Å². The minimum absolute atomic E-state index is 0. The zero-order valence-corrected chi connectivity index (χ0v) is 42.3. The van der Waals surface area contributed by atoms with Crippen molar-refractivity contribution in [2.75, 3.05) is 79.3 Å². The molecule has 0 aromatic carbocycles. The minimum atomic E-state index is -0.649. The second-order valence-corrected chi connectivity index (χ2v) is 6.44. The summed E-state index contributed by atoms with van der Waals surface area (Å²) in [5, 5.41) is 51.8. The van der Waals surface area contributed by atoms with Gasteiger partial charge in [0.25, 0.3) is 0 Å². The summed E-state index contributed by atoms with van der Waals surface area (Å²) in [4.78, 5) is 0. The molecule has 2 atom stereocenters. The zero-order valence-electron chi connectivity index (χ0n) is 23.1. The fraction of sp³-hybridized carbons (Fsp3) is 0.727. The third kappa shape index (κ3) is 60.7. The molecule has 0 radical (unpaired) electrons.